The summed E-state index contributed by atoms with van der Waals surface area (Å²) in [5, 5.41) is 8.78. The van der Waals surface area contributed by atoms with Crippen molar-refractivity contribution in [1.29, 1.82) is 0 Å². The van der Waals surface area contributed by atoms with Gasteiger partial charge in [-0.25, -0.2) is 4.79 Å². The Morgan fingerprint density at radius 3 is 2.73 bits per heavy atom. The van der Waals surface area contributed by atoms with Gasteiger partial charge in [0.1, 0.15) is 5.75 Å². The first-order valence-electron chi connectivity index (χ1n) is 4.70. The highest BCUT2D eigenvalue weighted by Crippen LogP contribution is 2.27. The molecule has 0 radical (unpaired) electrons. The van der Waals surface area contributed by atoms with Crippen molar-refractivity contribution in [2.75, 3.05) is 0 Å². The van der Waals surface area contributed by atoms with Gasteiger partial charge in [0.05, 0.1) is 11.7 Å². The van der Waals surface area contributed by atoms with E-state index in [1.54, 1.807) is 6.07 Å². The third kappa shape index (κ3) is 2.15. The quantitative estimate of drug-likeness (QED) is 0.762. The van der Waals surface area contributed by atoms with Gasteiger partial charge in [0.25, 0.3) is 0 Å². The molecule has 1 saturated carbocycles. The maximum atomic E-state index is 10.7. The highest BCUT2D eigenvalue weighted by atomic mass is 16.5. The maximum absolute atomic E-state index is 10.7. The normalized spacial score (nSPS) is 14.7. The summed E-state index contributed by atoms with van der Waals surface area (Å²) in [6.07, 6.45) is 2.82. The van der Waals surface area contributed by atoms with Crippen molar-refractivity contribution in [3.63, 3.8) is 0 Å². The molecule has 1 aromatic carbocycles. The molecule has 4 heteroatoms. The molecule has 4 nitrogen and oxygen atoms in total. The number of hydrogen-bond donors (Lipinski definition) is 1. The minimum Gasteiger partial charge on any atom is -0.490 e. The van der Waals surface area contributed by atoms with Crippen LogP contribution in [-0.2, 0) is 0 Å². The SMILES string of the molecule is O=Cc1cc(OC2CC2)ccc1C(=O)O. The molecular weight excluding hydrogens is 196 g/mol. The lowest BCUT2D eigenvalue weighted by atomic mass is 10.1. The third-order valence-corrected chi connectivity index (χ3v) is 2.21. The molecule has 0 unspecified atom stereocenters. The number of carbonyl (C=O) groups is 2. The fraction of sp³-hybridized carbons (Fsp3) is 0.273. The molecule has 15 heavy (non-hydrogen) atoms. The largest absolute Gasteiger partial charge is 0.490 e. The van der Waals surface area contributed by atoms with Crippen LogP contribution < -0.4 is 4.74 Å². The molecule has 2 rings (SSSR count). The van der Waals surface area contributed by atoms with Crippen LogP contribution >= 0.6 is 0 Å². The average Bonchev–Trinajstić information content (AvgIpc) is 3.01. The van der Waals surface area contributed by atoms with Gasteiger partial charge in [0.15, 0.2) is 6.29 Å². The van der Waals surface area contributed by atoms with E-state index in [2.05, 4.69) is 0 Å². The maximum Gasteiger partial charge on any atom is 0.336 e. The average molecular weight is 206 g/mol. The van der Waals surface area contributed by atoms with Crippen LogP contribution in [0, 0.1) is 0 Å². The summed E-state index contributed by atoms with van der Waals surface area (Å²) < 4.78 is 5.45. The van der Waals surface area contributed by atoms with Gasteiger partial charge in [-0.3, -0.25) is 4.79 Å². The molecule has 1 fully saturated rings. The van der Waals surface area contributed by atoms with E-state index in [0.29, 0.717) is 12.0 Å². The Kier molecular flexibility index (Phi) is 2.41. The molecule has 0 spiro atoms. The van der Waals surface area contributed by atoms with Gasteiger partial charge >= 0.3 is 5.97 Å². The summed E-state index contributed by atoms with van der Waals surface area (Å²) >= 11 is 0. The summed E-state index contributed by atoms with van der Waals surface area (Å²) in [6, 6.07) is 4.44. The van der Waals surface area contributed by atoms with E-state index in [1.807, 2.05) is 0 Å². The number of benzene rings is 1. The Bertz CT molecular complexity index is 407. The van der Waals surface area contributed by atoms with Crippen molar-refractivity contribution >= 4 is 12.3 Å². The number of carboxylic acids is 1. The first kappa shape index (κ1) is 9.71. The summed E-state index contributed by atoms with van der Waals surface area (Å²) in [6.45, 7) is 0. The zero-order valence-electron chi connectivity index (χ0n) is 7.97. The molecule has 0 atom stereocenters. The van der Waals surface area contributed by atoms with Crippen LogP contribution in [0.5, 0.6) is 5.75 Å². The number of aromatic carboxylic acids is 1. The standard InChI is InChI=1S/C11H10O4/c12-6-7-5-9(15-8-1-2-8)3-4-10(7)11(13)14/h3-6,8H,1-2H2,(H,13,14). The fourth-order valence-corrected chi connectivity index (χ4v) is 1.28. The summed E-state index contributed by atoms with van der Waals surface area (Å²) in [4.78, 5) is 21.4. The lowest BCUT2D eigenvalue weighted by Crippen LogP contribution is -2.03. The topological polar surface area (TPSA) is 63.6 Å². The zero-order valence-corrected chi connectivity index (χ0v) is 7.97. The van der Waals surface area contributed by atoms with E-state index in [-0.39, 0.29) is 17.2 Å². The van der Waals surface area contributed by atoms with Crippen molar-refractivity contribution in [1.82, 2.24) is 0 Å². The van der Waals surface area contributed by atoms with E-state index in [0.717, 1.165) is 12.8 Å². The number of ether oxygens (including phenoxy) is 1. The fourth-order valence-electron chi connectivity index (χ4n) is 1.28. The van der Waals surface area contributed by atoms with Gasteiger partial charge in [0, 0.05) is 5.56 Å². The van der Waals surface area contributed by atoms with Crippen molar-refractivity contribution in [2.24, 2.45) is 0 Å². The van der Waals surface area contributed by atoms with E-state index >= 15 is 0 Å². The van der Waals surface area contributed by atoms with Gasteiger partial charge in [-0.1, -0.05) is 0 Å². The Morgan fingerprint density at radius 2 is 2.20 bits per heavy atom. The van der Waals surface area contributed by atoms with E-state index in [9.17, 15) is 9.59 Å². The molecule has 0 saturated heterocycles. The van der Waals surface area contributed by atoms with E-state index < -0.39 is 5.97 Å². The van der Waals surface area contributed by atoms with Crippen LogP contribution in [0.2, 0.25) is 0 Å². The Hall–Kier alpha value is -1.84. The molecule has 78 valence electrons. The van der Waals surface area contributed by atoms with Crippen molar-refractivity contribution < 1.29 is 19.4 Å². The second-order valence-corrected chi connectivity index (χ2v) is 3.49. The summed E-state index contributed by atoms with van der Waals surface area (Å²) in [5.74, 6) is -0.542. The molecule has 0 aromatic heterocycles. The first-order valence-corrected chi connectivity index (χ1v) is 4.70. The van der Waals surface area contributed by atoms with E-state index in [4.69, 9.17) is 9.84 Å². The molecule has 1 N–H and O–H groups in total. The smallest absolute Gasteiger partial charge is 0.336 e. The van der Waals surface area contributed by atoms with E-state index in [1.165, 1.54) is 12.1 Å². The predicted octanol–water partition coefficient (Wildman–Crippen LogP) is 1.74. The van der Waals surface area contributed by atoms with Gasteiger partial charge in [-0.2, -0.15) is 0 Å². The lowest BCUT2D eigenvalue weighted by Gasteiger charge is -2.06. The van der Waals surface area contributed by atoms with Crippen molar-refractivity contribution in [3.05, 3.63) is 29.3 Å². The summed E-state index contributed by atoms with van der Waals surface area (Å²) in [7, 11) is 0. The first-order chi connectivity index (χ1) is 7.20. The molecular formula is C11H10O4. The van der Waals surface area contributed by atoms with Gasteiger partial charge in [0.2, 0.25) is 0 Å². The molecule has 0 amide bonds. The number of carbonyl (C=O) groups excluding carboxylic acids is 1. The van der Waals surface area contributed by atoms with Gasteiger partial charge in [-0.15, -0.1) is 0 Å². The number of aldehydes is 1. The second-order valence-electron chi connectivity index (χ2n) is 3.49. The number of rotatable bonds is 4. The minimum atomic E-state index is -1.10. The van der Waals surface area contributed by atoms with Crippen LogP contribution in [0.1, 0.15) is 33.6 Å². The molecule has 0 bridgehead atoms. The Morgan fingerprint density at radius 1 is 1.47 bits per heavy atom. The molecule has 1 aliphatic carbocycles. The van der Waals surface area contributed by atoms with Crippen LogP contribution in [0.4, 0.5) is 0 Å². The van der Waals surface area contributed by atoms with Crippen LogP contribution in [0.3, 0.4) is 0 Å². The zero-order chi connectivity index (χ0) is 10.8. The predicted molar refractivity (Wildman–Crippen MR) is 52.4 cm³/mol. The summed E-state index contributed by atoms with van der Waals surface area (Å²) in [5.41, 5.74) is 0.161. The molecule has 1 aliphatic rings. The highest BCUT2D eigenvalue weighted by molar-refractivity contribution is 5.97. The van der Waals surface area contributed by atoms with Crippen molar-refractivity contribution in [2.45, 2.75) is 18.9 Å². The third-order valence-electron chi connectivity index (χ3n) is 2.21. The van der Waals surface area contributed by atoms with Crippen LogP contribution in [0.25, 0.3) is 0 Å². The Balaban J connectivity index is 2.28. The monoisotopic (exact) mass is 206 g/mol. The minimum absolute atomic E-state index is 0.00754. The lowest BCUT2D eigenvalue weighted by molar-refractivity contribution is 0.0694. The van der Waals surface area contributed by atoms with Gasteiger partial charge in [-0.05, 0) is 31.0 Å². The highest BCUT2D eigenvalue weighted by Gasteiger charge is 2.24. The second kappa shape index (κ2) is 3.73. The number of carboxylic acid groups (broad SMARTS) is 1. The van der Waals surface area contributed by atoms with Gasteiger partial charge < -0.3 is 9.84 Å². The van der Waals surface area contributed by atoms with Crippen LogP contribution in [-0.4, -0.2) is 23.5 Å². The van der Waals surface area contributed by atoms with Crippen molar-refractivity contribution in [3.8, 4) is 5.75 Å². The molecule has 0 heterocycles. The number of hydrogen-bond acceptors (Lipinski definition) is 3. The molecule has 1 aromatic rings. The van der Waals surface area contributed by atoms with Crippen LogP contribution in [0.15, 0.2) is 18.2 Å². The molecule has 0 aliphatic heterocycles. The Labute approximate surface area is 86.5 Å².